The summed E-state index contributed by atoms with van der Waals surface area (Å²) < 4.78 is 19.3. The molecule has 1 aliphatic heterocycles. The largest absolute Gasteiger partial charge is 0.472 e. The Kier molecular flexibility index (Phi) is 6.26. The SMILES string of the molecule is CNC[C@@H]1Oc2ncc(-c3ccc(F)cc3)cc2C(=O)N([C@H](C)CO)C[C@@H]1C. The van der Waals surface area contributed by atoms with E-state index < -0.39 is 0 Å². The summed E-state index contributed by atoms with van der Waals surface area (Å²) in [7, 11) is 1.85. The minimum absolute atomic E-state index is 0.0529. The minimum atomic E-state index is -0.328. The van der Waals surface area contributed by atoms with Crippen LogP contribution in [0.5, 0.6) is 5.88 Å². The third-order valence-electron chi connectivity index (χ3n) is 5.10. The van der Waals surface area contributed by atoms with Gasteiger partial charge in [0, 0.05) is 30.8 Å². The lowest BCUT2D eigenvalue weighted by Gasteiger charge is -2.36. The lowest BCUT2D eigenvalue weighted by atomic mass is 9.99. The standard InChI is InChI=1S/C21H26FN3O3/c1-13-11-25(14(2)12-26)21(27)18-8-16(15-4-6-17(22)7-5-15)9-24-20(18)28-19(13)10-23-3/h4-9,13-14,19,23,26H,10-12H2,1-3H3/t13-,14+,19-/m0/s1. The molecule has 1 aromatic heterocycles. The Morgan fingerprint density at radius 1 is 1.36 bits per heavy atom. The second kappa shape index (κ2) is 8.67. The molecule has 1 amide bonds. The number of amides is 1. The molecule has 0 unspecified atom stereocenters. The van der Waals surface area contributed by atoms with E-state index in [1.807, 2.05) is 20.9 Å². The van der Waals surface area contributed by atoms with E-state index in [2.05, 4.69) is 10.3 Å². The van der Waals surface area contributed by atoms with Gasteiger partial charge in [-0.15, -0.1) is 0 Å². The zero-order chi connectivity index (χ0) is 20.3. The van der Waals surface area contributed by atoms with E-state index in [-0.39, 0.29) is 42.3 Å². The Morgan fingerprint density at radius 2 is 2.07 bits per heavy atom. The van der Waals surface area contributed by atoms with Crippen molar-refractivity contribution in [2.75, 3.05) is 26.7 Å². The Hall–Kier alpha value is -2.51. The van der Waals surface area contributed by atoms with Crippen LogP contribution in [0.15, 0.2) is 36.5 Å². The van der Waals surface area contributed by atoms with Gasteiger partial charge in [0.25, 0.3) is 5.91 Å². The molecule has 7 heteroatoms. The van der Waals surface area contributed by atoms with Crippen LogP contribution >= 0.6 is 0 Å². The van der Waals surface area contributed by atoms with Gasteiger partial charge in [0.05, 0.1) is 12.6 Å². The number of carbonyl (C=O) groups excluding carboxylic acids is 1. The summed E-state index contributed by atoms with van der Waals surface area (Å²) in [6.45, 7) is 4.78. The molecule has 0 aliphatic carbocycles. The molecule has 1 aliphatic rings. The molecule has 0 saturated carbocycles. The van der Waals surface area contributed by atoms with Crippen LogP contribution in [0.25, 0.3) is 11.1 Å². The Morgan fingerprint density at radius 3 is 2.71 bits per heavy atom. The number of aliphatic hydroxyl groups excluding tert-OH is 1. The van der Waals surface area contributed by atoms with E-state index in [1.54, 1.807) is 29.3 Å². The van der Waals surface area contributed by atoms with Crippen molar-refractivity contribution in [3.05, 3.63) is 47.9 Å². The molecule has 28 heavy (non-hydrogen) atoms. The monoisotopic (exact) mass is 387 g/mol. The topological polar surface area (TPSA) is 74.7 Å². The maximum atomic E-state index is 13.3. The number of carbonyl (C=O) groups is 1. The van der Waals surface area contributed by atoms with Crippen molar-refractivity contribution in [3.63, 3.8) is 0 Å². The molecule has 2 aromatic rings. The zero-order valence-electron chi connectivity index (χ0n) is 16.4. The first-order chi connectivity index (χ1) is 13.4. The van der Waals surface area contributed by atoms with Gasteiger partial charge >= 0.3 is 0 Å². The number of nitrogens with one attached hydrogen (secondary N) is 1. The fraction of sp³-hybridized carbons (Fsp3) is 0.429. The van der Waals surface area contributed by atoms with Crippen LogP contribution in [0.1, 0.15) is 24.2 Å². The fourth-order valence-corrected chi connectivity index (χ4v) is 3.35. The summed E-state index contributed by atoms with van der Waals surface area (Å²) in [6, 6.07) is 7.43. The normalized spacial score (nSPS) is 20.8. The first-order valence-electron chi connectivity index (χ1n) is 9.43. The highest BCUT2D eigenvalue weighted by atomic mass is 19.1. The Balaban J connectivity index is 2.06. The molecule has 0 saturated heterocycles. The summed E-state index contributed by atoms with van der Waals surface area (Å²) >= 11 is 0. The van der Waals surface area contributed by atoms with Gasteiger partial charge in [-0.05, 0) is 37.7 Å². The summed E-state index contributed by atoms with van der Waals surface area (Å²) in [4.78, 5) is 19.3. The number of aliphatic hydroxyl groups is 1. The highest BCUT2D eigenvalue weighted by Crippen LogP contribution is 2.30. The Labute approximate surface area is 164 Å². The highest BCUT2D eigenvalue weighted by molar-refractivity contribution is 5.98. The number of hydrogen-bond donors (Lipinski definition) is 2. The summed E-state index contributed by atoms with van der Waals surface area (Å²) in [5.41, 5.74) is 1.80. The summed E-state index contributed by atoms with van der Waals surface area (Å²) in [5, 5.41) is 12.8. The van der Waals surface area contributed by atoms with E-state index in [9.17, 15) is 14.3 Å². The molecule has 3 rings (SSSR count). The average Bonchev–Trinajstić information content (AvgIpc) is 2.70. The molecule has 2 N–H and O–H groups in total. The number of benzene rings is 1. The van der Waals surface area contributed by atoms with Gasteiger partial charge in [0.1, 0.15) is 17.5 Å². The van der Waals surface area contributed by atoms with Gasteiger partial charge in [-0.25, -0.2) is 9.37 Å². The molecular weight excluding hydrogens is 361 g/mol. The molecule has 2 heterocycles. The number of rotatable bonds is 5. The molecule has 0 spiro atoms. The lowest BCUT2D eigenvalue weighted by Crippen LogP contribution is -2.49. The van der Waals surface area contributed by atoms with Crippen molar-refractivity contribution in [1.82, 2.24) is 15.2 Å². The van der Waals surface area contributed by atoms with Crippen molar-refractivity contribution in [2.45, 2.75) is 26.0 Å². The summed E-state index contributed by atoms with van der Waals surface area (Å²) in [5.74, 6) is -0.230. The third kappa shape index (κ3) is 4.15. The van der Waals surface area contributed by atoms with E-state index in [4.69, 9.17) is 4.74 Å². The second-order valence-corrected chi connectivity index (χ2v) is 7.26. The fourth-order valence-electron chi connectivity index (χ4n) is 3.35. The zero-order valence-corrected chi connectivity index (χ0v) is 16.4. The number of likely N-dealkylation sites (N-methyl/N-ethyl adjacent to an activating group) is 1. The van der Waals surface area contributed by atoms with Crippen LogP contribution in [0.4, 0.5) is 4.39 Å². The van der Waals surface area contributed by atoms with Crippen LogP contribution in [0.3, 0.4) is 0 Å². The van der Waals surface area contributed by atoms with Crippen molar-refractivity contribution >= 4 is 5.91 Å². The molecule has 1 aromatic carbocycles. The van der Waals surface area contributed by atoms with Crippen LogP contribution < -0.4 is 10.1 Å². The van der Waals surface area contributed by atoms with Gasteiger partial charge in [-0.2, -0.15) is 0 Å². The second-order valence-electron chi connectivity index (χ2n) is 7.26. The number of hydrogen-bond acceptors (Lipinski definition) is 5. The number of ether oxygens (including phenoxy) is 1. The van der Waals surface area contributed by atoms with Gasteiger partial charge in [0.2, 0.25) is 5.88 Å². The van der Waals surface area contributed by atoms with Gasteiger partial charge in [0.15, 0.2) is 0 Å². The van der Waals surface area contributed by atoms with E-state index in [0.717, 1.165) is 5.56 Å². The van der Waals surface area contributed by atoms with Gasteiger partial charge in [-0.1, -0.05) is 19.1 Å². The molecule has 0 fully saturated rings. The van der Waals surface area contributed by atoms with Crippen LogP contribution in [-0.4, -0.2) is 59.8 Å². The third-order valence-corrected chi connectivity index (χ3v) is 5.10. The first kappa shape index (κ1) is 20.2. The van der Waals surface area contributed by atoms with Crippen LogP contribution in [0.2, 0.25) is 0 Å². The molecule has 3 atom stereocenters. The maximum absolute atomic E-state index is 13.3. The number of fused-ring (bicyclic) bond motifs is 1. The molecule has 0 bridgehead atoms. The van der Waals surface area contributed by atoms with Gasteiger partial charge in [-0.3, -0.25) is 4.79 Å². The van der Waals surface area contributed by atoms with Gasteiger partial charge < -0.3 is 20.1 Å². The Bertz CT molecular complexity index is 828. The smallest absolute Gasteiger partial charge is 0.259 e. The van der Waals surface area contributed by atoms with E-state index >= 15 is 0 Å². The van der Waals surface area contributed by atoms with Crippen molar-refractivity contribution < 1.29 is 19.0 Å². The highest BCUT2D eigenvalue weighted by Gasteiger charge is 2.33. The van der Waals surface area contributed by atoms with E-state index in [1.165, 1.54) is 12.1 Å². The van der Waals surface area contributed by atoms with Crippen LogP contribution in [-0.2, 0) is 0 Å². The number of pyridine rings is 1. The number of nitrogens with zero attached hydrogens (tertiary/aromatic N) is 2. The molecule has 150 valence electrons. The number of aromatic nitrogens is 1. The minimum Gasteiger partial charge on any atom is -0.472 e. The quantitative estimate of drug-likeness (QED) is 0.824. The average molecular weight is 387 g/mol. The number of halogens is 1. The predicted octanol–water partition coefficient (Wildman–Crippen LogP) is 2.33. The lowest BCUT2D eigenvalue weighted by molar-refractivity contribution is 0.0404. The van der Waals surface area contributed by atoms with Crippen LogP contribution in [0, 0.1) is 11.7 Å². The molecule has 6 nitrogen and oxygen atoms in total. The van der Waals surface area contributed by atoms with Crippen molar-refractivity contribution in [3.8, 4) is 17.0 Å². The van der Waals surface area contributed by atoms with Crippen molar-refractivity contribution in [2.24, 2.45) is 5.92 Å². The first-order valence-corrected chi connectivity index (χ1v) is 9.43. The predicted molar refractivity (Wildman–Crippen MR) is 105 cm³/mol. The summed E-state index contributed by atoms with van der Waals surface area (Å²) in [6.07, 6.45) is 1.46. The van der Waals surface area contributed by atoms with E-state index in [0.29, 0.717) is 24.2 Å². The van der Waals surface area contributed by atoms with Crippen molar-refractivity contribution in [1.29, 1.82) is 0 Å². The maximum Gasteiger partial charge on any atom is 0.259 e. The molecular formula is C21H26FN3O3. The molecule has 0 radical (unpaired) electrons.